The van der Waals surface area contributed by atoms with Crippen LogP contribution in [0.4, 0.5) is 0 Å². The van der Waals surface area contributed by atoms with Crippen molar-refractivity contribution in [1.82, 2.24) is 20.0 Å². The fraction of sp³-hybridized carbons (Fsp3) is 0.692. The molecule has 0 aromatic carbocycles. The maximum atomic E-state index is 12.2. The minimum Gasteiger partial charge on any atom is -0.341 e. The summed E-state index contributed by atoms with van der Waals surface area (Å²) in [4.78, 5) is 16.4. The molecule has 5 heteroatoms. The smallest absolute Gasteiger partial charge is 0.257 e. The van der Waals surface area contributed by atoms with Gasteiger partial charge in [-0.25, -0.2) is 0 Å². The summed E-state index contributed by atoms with van der Waals surface area (Å²) in [6.45, 7) is 5.00. The van der Waals surface area contributed by atoms with Crippen molar-refractivity contribution >= 4 is 5.91 Å². The zero-order valence-electron chi connectivity index (χ0n) is 11.4. The van der Waals surface area contributed by atoms with Crippen molar-refractivity contribution in [2.45, 2.75) is 19.8 Å². The van der Waals surface area contributed by atoms with Gasteiger partial charge in [-0.15, -0.1) is 0 Å². The summed E-state index contributed by atoms with van der Waals surface area (Å²) in [5.74, 6) is 0.697. The quantitative estimate of drug-likeness (QED) is 0.875. The molecule has 0 atom stereocenters. The molecular formula is C13H22N4O. The van der Waals surface area contributed by atoms with E-state index in [1.807, 2.05) is 18.9 Å². The maximum absolute atomic E-state index is 12.2. The molecular weight excluding hydrogens is 228 g/mol. The van der Waals surface area contributed by atoms with Crippen molar-refractivity contribution in [2.24, 2.45) is 5.92 Å². The van der Waals surface area contributed by atoms with Crippen LogP contribution in [-0.2, 0) is 0 Å². The zero-order chi connectivity index (χ0) is 13.1. The highest BCUT2D eigenvalue weighted by Gasteiger charge is 2.22. The molecule has 1 aromatic heterocycles. The van der Waals surface area contributed by atoms with Crippen molar-refractivity contribution in [1.29, 1.82) is 0 Å². The number of carbonyl (C=O) groups excluding carboxylic acids is 1. The number of hydrogen-bond donors (Lipinski definition) is 1. The van der Waals surface area contributed by atoms with Crippen LogP contribution in [0.25, 0.3) is 0 Å². The molecule has 1 N–H and O–H groups in total. The first-order valence-electron chi connectivity index (χ1n) is 6.52. The molecule has 100 valence electrons. The van der Waals surface area contributed by atoms with Crippen LogP contribution in [-0.4, -0.2) is 59.6 Å². The fourth-order valence-corrected chi connectivity index (χ4v) is 2.49. The molecule has 1 amide bonds. The van der Waals surface area contributed by atoms with Crippen molar-refractivity contribution in [3.8, 4) is 0 Å². The van der Waals surface area contributed by atoms with E-state index in [0.717, 1.165) is 25.3 Å². The molecule has 2 heterocycles. The third kappa shape index (κ3) is 2.90. The summed E-state index contributed by atoms with van der Waals surface area (Å²) in [7, 11) is 4.03. The van der Waals surface area contributed by atoms with E-state index in [1.54, 1.807) is 6.20 Å². The van der Waals surface area contributed by atoms with E-state index >= 15 is 0 Å². The molecule has 1 aliphatic rings. The molecule has 0 aliphatic carbocycles. The van der Waals surface area contributed by atoms with Gasteiger partial charge in [-0.05, 0) is 45.8 Å². The zero-order valence-corrected chi connectivity index (χ0v) is 11.4. The summed E-state index contributed by atoms with van der Waals surface area (Å²) in [6, 6.07) is 0. The highest BCUT2D eigenvalue weighted by Crippen LogP contribution is 2.18. The van der Waals surface area contributed by atoms with Gasteiger partial charge < -0.3 is 9.80 Å². The number of rotatable bonds is 3. The van der Waals surface area contributed by atoms with Crippen LogP contribution in [0.3, 0.4) is 0 Å². The summed E-state index contributed by atoms with van der Waals surface area (Å²) >= 11 is 0. The summed E-state index contributed by atoms with van der Waals surface area (Å²) in [5.41, 5.74) is 1.53. The largest absolute Gasteiger partial charge is 0.341 e. The number of nitrogens with zero attached hydrogens (tertiary/aromatic N) is 3. The van der Waals surface area contributed by atoms with Crippen LogP contribution in [0.2, 0.25) is 0 Å². The second-order valence-electron chi connectivity index (χ2n) is 5.34. The number of aromatic nitrogens is 2. The highest BCUT2D eigenvalue weighted by molar-refractivity contribution is 5.94. The van der Waals surface area contributed by atoms with Crippen LogP contribution in [0.5, 0.6) is 0 Å². The van der Waals surface area contributed by atoms with E-state index < -0.39 is 0 Å². The average molecular weight is 250 g/mol. The lowest BCUT2D eigenvalue weighted by Gasteiger charge is -2.31. The molecule has 0 bridgehead atoms. The van der Waals surface area contributed by atoms with Gasteiger partial charge in [-0.1, -0.05) is 0 Å². The lowest BCUT2D eigenvalue weighted by atomic mass is 9.96. The standard InChI is InChI=1S/C13H22N4O/c1-10-12(8-14-15-10)13(18)17(3)9-11-4-6-16(2)7-5-11/h8,11H,4-7,9H2,1-3H3,(H,14,15). The SMILES string of the molecule is Cc1[nH]ncc1C(=O)N(C)CC1CCN(C)CC1. The Hall–Kier alpha value is -1.36. The Morgan fingerprint density at radius 2 is 2.22 bits per heavy atom. The lowest BCUT2D eigenvalue weighted by Crippen LogP contribution is -2.38. The van der Waals surface area contributed by atoms with Crippen LogP contribution in [0.15, 0.2) is 6.20 Å². The molecule has 0 spiro atoms. The third-order valence-electron chi connectivity index (χ3n) is 3.78. The number of carbonyl (C=O) groups is 1. The van der Waals surface area contributed by atoms with Gasteiger partial charge in [0.15, 0.2) is 0 Å². The molecule has 0 unspecified atom stereocenters. The Morgan fingerprint density at radius 1 is 1.56 bits per heavy atom. The van der Waals surface area contributed by atoms with Crippen molar-refractivity contribution in [3.63, 3.8) is 0 Å². The van der Waals surface area contributed by atoms with Gasteiger partial charge in [0.05, 0.1) is 11.8 Å². The summed E-state index contributed by atoms with van der Waals surface area (Å²) in [5, 5.41) is 6.71. The first kappa shape index (κ1) is 13.1. The summed E-state index contributed by atoms with van der Waals surface area (Å²) < 4.78 is 0. The van der Waals surface area contributed by atoms with Gasteiger partial charge in [0.2, 0.25) is 0 Å². The van der Waals surface area contributed by atoms with Crippen LogP contribution in [0, 0.1) is 12.8 Å². The fourth-order valence-electron chi connectivity index (χ4n) is 2.49. The van der Waals surface area contributed by atoms with Gasteiger partial charge >= 0.3 is 0 Å². The molecule has 1 saturated heterocycles. The molecule has 1 fully saturated rings. The topological polar surface area (TPSA) is 52.2 Å². The predicted molar refractivity (Wildman–Crippen MR) is 70.5 cm³/mol. The number of nitrogens with one attached hydrogen (secondary N) is 1. The first-order chi connectivity index (χ1) is 8.58. The van der Waals surface area contributed by atoms with Crippen LogP contribution in [0.1, 0.15) is 28.9 Å². The Labute approximate surface area is 108 Å². The van der Waals surface area contributed by atoms with Gasteiger partial charge in [0.1, 0.15) is 0 Å². The number of piperidine rings is 1. The van der Waals surface area contributed by atoms with E-state index in [-0.39, 0.29) is 5.91 Å². The van der Waals surface area contributed by atoms with Crippen LogP contribution < -0.4 is 0 Å². The highest BCUT2D eigenvalue weighted by atomic mass is 16.2. The van der Waals surface area contributed by atoms with E-state index in [0.29, 0.717) is 11.5 Å². The Morgan fingerprint density at radius 3 is 2.78 bits per heavy atom. The van der Waals surface area contributed by atoms with Crippen molar-refractivity contribution in [2.75, 3.05) is 33.7 Å². The Bertz CT molecular complexity index is 407. The van der Waals surface area contributed by atoms with Gasteiger partial charge in [-0.2, -0.15) is 5.10 Å². The van der Waals surface area contributed by atoms with Crippen molar-refractivity contribution in [3.05, 3.63) is 17.5 Å². The normalized spacial score (nSPS) is 17.9. The number of likely N-dealkylation sites (tertiary alicyclic amines) is 1. The van der Waals surface area contributed by atoms with E-state index in [9.17, 15) is 4.79 Å². The molecule has 18 heavy (non-hydrogen) atoms. The van der Waals surface area contributed by atoms with E-state index in [4.69, 9.17) is 0 Å². The van der Waals surface area contributed by atoms with Crippen molar-refractivity contribution < 1.29 is 4.79 Å². The van der Waals surface area contributed by atoms with E-state index in [1.165, 1.54) is 12.8 Å². The number of amides is 1. The second kappa shape index (κ2) is 5.52. The Kier molecular flexibility index (Phi) is 4.01. The molecule has 5 nitrogen and oxygen atoms in total. The molecule has 1 aromatic rings. The maximum Gasteiger partial charge on any atom is 0.257 e. The monoisotopic (exact) mass is 250 g/mol. The number of aromatic amines is 1. The number of aryl methyl sites for hydroxylation is 1. The molecule has 0 radical (unpaired) electrons. The first-order valence-corrected chi connectivity index (χ1v) is 6.52. The van der Waals surface area contributed by atoms with E-state index in [2.05, 4.69) is 22.1 Å². The Balaban J connectivity index is 1.90. The third-order valence-corrected chi connectivity index (χ3v) is 3.78. The lowest BCUT2D eigenvalue weighted by molar-refractivity contribution is 0.0746. The van der Waals surface area contributed by atoms with Gasteiger partial charge in [0, 0.05) is 19.3 Å². The minimum absolute atomic E-state index is 0.0696. The number of hydrogen-bond acceptors (Lipinski definition) is 3. The van der Waals surface area contributed by atoms with Gasteiger partial charge in [-0.3, -0.25) is 9.89 Å². The summed E-state index contributed by atoms with van der Waals surface area (Å²) in [6.07, 6.45) is 3.97. The van der Waals surface area contributed by atoms with Crippen LogP contribution >= 0.6 is 0 Å². The average Bonchev–Trinajstić information content (AvgIpc) is 2.77. The predicted octanol–water partition coefficient (Wildman–Crippen LogP) is 1.13. The minimum atomic E-state index is 0.0696. The number of H-pyrrole nitrogens is 1. The molecule has 2 rings (SSSR count). The van der Waals surface area contributed by atoms with Gasteiger partial charge in [0.25, 0.3) is 5.91 Å². The molecule has 0 saturated carbocycles. The second-order valence-corrected chi connectivity index (χ2v) is 5.34. The molecule has 1 aliphatic heterocycles.